The van der Waals surface area contributed by atoms with Crippen LogP contribution in [0.3, 0.4) is 0 Å². The summed E-state index contributed by atoms with van der Waals surface area (Å²) < 4.78 is 0. The molecule has 0 radical (unpaired) electrons. The zero-order valence-corrected chi connectivity index (χ0v) is 7.43. The first-order valence-electron chi connectivity index (χ1n) is 3.34. The number of aliphatic carboxylic acids is 1. The smallest absolute Gasteiger partial charge is 0.323 e. The molecule has 0 bridgehead atoms. The summed E-state index contributed by atoms with van der Waals surface area (Å²) in [6, 6.07) is -0.976. The molecule has 0 saturated heterocycles. The summed E-state index contributed by atoms with van der Waals surface area (Å²) in [4.78, 5) is 25.6. The van der Waals surface area contributed by atoms with Crippen molar-refractivity contribution < 1.29 is 9.90 Å². The van der Waals surface area contributed by atoms with Gasteiger partial charge >= 0.3 is 11.7 Å². The van der Waals surface area contributed by atoms with Gasteiger partial charge in [-0.1, -0.05) is 0 Å². The number of halogens is 1. The van der Waals surface area contributed by atoms with E-state index in [4.69, 9.17) is 10.8 Å². The lowest BCUT2D eigenvalue weighted by molar-refractivity contribution is -0.138. The molecule has 0 aliphatic rings. The Morgan fingerprint density at radius 1 is 1.69 bits per heavy atom. The second kappa shape index (κ2) is 4.68. The van der Waals surface area contributed by atoms with Gasteiger partial charge in [0.25, 0.3) is 0 Å². The molecule has 1 unspecified atom stereocenters. The summed E-state index contributed by atoms with van der Waals surface area (Å²) in [7, 11) is 0. The highest BCUT2D eigenvalue weighted by Gasteiger charge is 2.12. The fourth-order valence-electron chi connectivity index (χ4n) is 0.805. The van der Waals surface area contributed by atoms with Crippen molar-refractivity contribution in [3.05, 3.63) is 22.4 Å². The second-order valence-electron chi connectivity index (χ2n) is 2.42. The van der Waals surface area contributed by atoms with Gasteiger partial charge in [0.05, 0.1) is 0 Å². The maximum Gasteiger partial charge on any atom is 0.323 e. The van der Waals surface area contributed by atoms with Crippen LogP contribution in [0.15, 0.2) is 11.0 Å². The highest BCUT2D eigenvalue weighted by atomic mass is 35.5. The molecule has 0 aliphatic heterocycles. The maximum atomic E-state index is 10.5. The molecule has 0 aromatic carbocycles. The van der Waals surface area contributed by atoms with Crippen molar-refractivity contribution in [2.45, 2.75) is 12.5 Å². The number of carboxylic acids is 1. The van der Waals surface area contributed by atoms with E-state index in [2.05, 4.69) is 9.97 Å². The number of nitrogens with two attached hydrogens (primary N) is 1. The van der Waals surface area contributed by atoms with E-state index in [9.17, 15) is 9.59 Å². The lowest BCUT2D eigenvalue weighted by Gasteiger charge is -2.01. The first kappa shape index (κ1) is 11.7. The van der Waals surface area contributed by atoms with Crippen LogP contribution in [0.1, 0.15) is 5.69 Å². The number of aromatic nitrogens is 2. The lowest BCUT2D eigenvalue weighted by Crippen LogP contribution is -2.32. The van der Waals surface area contributed by atoms with Gasteiger partial charge in [-0.2, -0.15) is 0 Å². The van der Waals surface area contributed by atoms with E-state index in [0.29, 0.717) is 5.69 Å². The van der Waals surface area contributed by atoms with Crippen LogP contribution in [-0.2, 0) is 11.2 Å². The Hall–Kier alpha value is -1.27. The molecule has 1 heterocycles. The highest BCUT2D eigenvalue weighted by molar-refractivity contribution is 5.85. The molecular formula is C6H10ClN3O3. The Labute approximate surface area is 79.6 Å². The van der Waals surface area contributed by atoms with Crippen molar-refractivity contribution in [1.29, 1.82) is 0 Å². The molecule has 13 heavy (non-hydrogen) atoms. The molecule has 1 aromatic rings. The predicted molar refractivity (Wildman–Crippen MR) is 48.0 cm³/mol. The van der Waals surface area contributed by atoms with Gasteiger partial charge in [-0.25, -0.2) is 4.79 Å². The Kier molecular flexibility index (Phi) is 4.22. The average molecular weight is 208 g/mol. The van der Waals surface area contributed by atoms with Gasteiger partial charge in [-0.05, 0) is 0 Å². The average Bonchev–Trinajstić information content (AvgIpc) is 2.35. The molecule has 74 valence electrons. The summed E-state index contributed by atoms with van der Waals surface area (Å²) in [6.45, 7) is 0. The Morgan fingerprint density at radius 2 is 2.31 bits per heavy atom. The standard InChI is InChI=1S/C6H9N3O3.ClH/c7-4(5(10)11)1-3-2-8-6(12)9-3;/h2,4H,1,7H2,(H,10,11)(H2,8,9,12);1H. The summed E-state index contributed by atoms with van der Waals surface area (Å²) in [5.74, 6) is -1.09. The van der Waals surface area contributed by atoms with E-state index in [-0.39, 0.29) is 24.5 Å². The molecule has 0 saturated carbocycles. The first-order chi connectivity index (χ1) is 5.59. The number of hydrogen-bond donors (Lipinski definition) is 4. The first-order valence-corrected chi connectivity index (χ1v) is 3.34. The molecule has 0 fully saturated rings. The SMILES string of the molecule is Cl.NC(Cc1c[nH]c(=O)[nH]1)C(=O)O. The molecule has 0 spiro atoms. The van der Waals surface area contributed by atoms with Gasteiger partial charge in [-0.3, -0.25) is 4.79 Å². The van der Waals surface area contributed by atoms with Crippen LogP contribution in [0.25, 0.3) is 0 Å². The number of rotatable bonds is 3. The number of H-pyrrole nitrogens is 2. The van der Waals surface area contributed by atoms with Gasteiger partial charge in [0.1, 0.15) is 6.04 Å². The van der Waals surface area contributed by atoms with Crippen molar-refractivity contribution in [2.24, 2.45) is 5.73 Å². The summed E-state index contributed by atoms with van der Waals surface area (Å²) in [6.07, 6.45) is 1.53. The van der Waals surface area contributed by atoms with Gasteiger partial charge < -0.3 is 20.8 Å². The second-order valence-corrected chi connectivity index (χ2v) is 2.42. The normalized spacial score (nSPS) is 11.8. The zero-order valence-electron chi connectivity index (χ0n) is 6.61. The van der Waals surface area contributed by atoms with Crippen molar-refractivity contribution in [2.75, 3.05) is 0 Å². The van der Waals surface area contributed by atoms with Crippen LogP contribution < -0.4 is 11.4 Å². The Balaban J connectivity index is 0.00000144. The minimum absolute atomic E-state index is 0. The summed E-state index contributed by atoms with van der Waals surface area (Å²) in [5.41, 5.74) is 5.36. The van der Waals surface area contributed by atoms with Crippen molar-refractivity contribution in [3.63, 3.8) is 0 Å². The van der Waals surface area contributed by atoms with E-state index < -0.39 is 12.0 Å². The summed E-state index contributed by atoms with van der Waals surface area (Å²) in [5, 5.41) is 8.42. The van der Waals surface area contributed by atoms with Gasteiger partial charge in [0.2, 0.25) is 0 Å². The topological polar surface area (TPSA) is 112 Å². The zero-order chi connectivity index (χ0) is 9.14. The monoisotopic (exact) mass is 207 g/mol. The molecule has 0 amide bonds. The largest absolute Gasteiger partial charge is 0.480 e. The van der Waals surface area contributed by atoms with Crippen LogP contribution in [0.2, 0.25) is 0 Å². The fourth-order valence-corrected chi connectivity index (χ4v) is 0.805. The third-order valence-corrected chi connectivity index (χ3v) is 1.41. The molecule has 5 N–H and O–H groups in total. The van der Waals surface area contributed by atoms with E-state index in [1.807, 2.05) is 0 Å². The molecule has 1 atom stereocenters. The number of aromatic amines is 2. The molecule has 7 heteroatoms. The minimum Gasteiger partial charge on any atom is -0.480 e. The molecule has 6 nitrogen and oxygen atoms in total. The Bertz CT molecular complexity index is 332. The summed E-state index contributed by atoms with van der Waals surface area (Å²) >= 11 is 0. The van der Waals surface area contributed by atoms with Gasteiger partial charge in [0, 0.05) is 18.3 Å². The Morgan fingerprint density at radius 3 is 2.69 bits per heavy atom. The van der Waals surface area contributed by atoms with Crippen LogP contribution in [0.5, 0.6) is 0 Å². The third kappa shape index (κ3) is 3.30. The number of nitrogens with one attached hydrogen (secondary N) is 2. The van der Waals surface area contributed by atoms with Gasteiger partial charge in [-0.15, -0.1) is 12.4 Å². The van der Waals surface area contributed by atoms with Crippen molar-refractivity contribution >= 4 is 18.4 Å². The van der Waals surface area contributed by atoms with E-state index in [1.54, 1.807) is 0 Å². The van der Waals surface area contributed by atoms with Crippen molar-refractivity contribution in [3.8, 4) is 0 Å². The van der Waals surface area contributed by atoms with Gasteiger partial charge in [0.15, 0.2) is 0 Å². The minimum atomic E-state index is -1.09. The van der Waals surface area contributed by atoms with Crippen LogP contribution in [0.4, 0.5) is 0 Å². The number of imidazole rings is 1. The molecular weight excluding hydrogens is 198 g/mol. The quantitative estimate of drug-likeness (QED) is 0.514. The molecule has 1 rings (SSSR count). The van der Waals surface area contributed by atoms with E-state index in [1.165, 1.54) is 6.20 Å². The van der Waals surface area contributed by atoms with E-state index >= 15 is 0 Å². The highest BCUT2D eigenvalue weighted by Crippen LogP contribution is 1.93. The predicted octanol–water partition coefficient (Wildman–Crippen LogP) is -0.921. The third-order valence-electron chi connectivity index (χ3n) is 1.41. The number of carboxylic acid groups (broad SMARTS) is 1. The van der Waals surface area contributed by atoms with Crippen LogP contribution >= 0.6 is 12.4 Å². The van der Waals surface area contributed by atoms with Crippen LogP contribution in [-0.4, -0.2) is 27.1 Å². The number of carbonyl (C=O) groups is 1. The fraction of sp³-hybridized carbons (Fsp3) is 0.333. The van der Waals surface area contributed by atoms with Crippen LogP contribution in [0, 0.1) is 0 Å². The maximum absolute atomic E-state index is 10.5. The molecule has 1 aromatic heterocycles. The molecule has 0 aliphatic carbocycles. The van der Waals surface area contributed by atoms with E-state index in [0.717, 1.165) is 0 Å². The lowest BCUT2D eigenvalue weighted by atomic mass is 10.2. The van der Waals surface area contributed by atoms with Crippen molar-refractivity contribution in [1.82, 2.24) is 9.97 Å². The number of hydrogen-bond acceptors (Lipinski definition) is 3.